The van der Waals surface area contributed by atoms with E-state index >= 15 is 0 Å². The lowest BCUT2D eigenvalue weighted by Crippen LogP contribution is -2.46. The van der Waals surface area contributed by atoms with Crippen molar-refractivity contribution in [3.8, 4) is 0 Å². The van der Waals surface area contributed by atoms with E-state index in [1.807, 2.05) is 0 Å². The molecule has 2 fully saturated rings. The van der Waals surface area contributed by atoms with Gasteiger partial charge in [-0.25, -0.2) is 9.59 Å². The maximum atomic E-state index is 11.8. The summed E-state index contributed by atoms with van der Waals surface area (Å²) >= 11 is 0. The molecule has 2 saturated heterocycles. The van der Waals surface area contributed by atoms with E-state index in [-0.39, 0.29) is 18.6 Å². The van der Waals surface area contributed by atoms with Crippen LogP contribution in [-0.4, -0.2) is 54.0 Å². The van der Waals surface area contributed by atoms with Crippen LogP contribution in [0.5, 0.6) is 0 Å². The van der Waals surface area contributed by atoms with Gasteiger partial charge in [-0.2, -0.15) is 0 Å². The molecule has 106 valence electrons. The van der Waals surface area contributed by atoms with E-state index in [9.17, 15) is 14.7 Å². The Morgan fingerprint density at radius 2 is 2.26 bits per heavy atom. The number of nitrogens with zero attached hydrogens (tertiary/aromatic N) is 1. The molecule has 0 aromatic carbocycles. The molecule has 3 atom stereocenters. The second-order valence-corrected chi connectivity index (χ2v) is 4.85. The zero-order valence-corrected chi connectivity index (χ0v) is 10.8. The first-order chi connectivity index (χ1) is 9.15. The molecule has 0 spiro atoms. The largest absolute Gasteiger partial charge is 0.480 e. The van der Waals surface area contributed by atoms with Gasteiger partial charge in [0.05, 0.1) is 6.10 Å². The second-order valence-electron chi connectivity index (χ2n) is 4.85. The van der Waals surface area contributed by atoms with Crippen molar-refractivity contribution in [2.75, 3.05) is 19.8 Å². The molecule has 1 amide bonds. The number of aliphatic carboxylic acids is 1. The molecular formula is C13H19NO5. The number of likely N-dealkylation sites (tertiary alicyclic amines) is 1. The van der Waals surface area contributed by atoms with Crippen LogP contribution in [0.4, 0.5) is 4.79 Å². The summed E-state index contributed by atoms with van der Waals surface area (Å²) in [5.74, 6) is -1.13. The molecule has 19 heavy (non-hydrogen) atoms. The molecule has 0 bridgehead atoms. The summed E-state index contributed by atoms with van der Waals surface area (Å²) in [4.78, 5) is 24.6. The maximum Gasteiger partial charge on any atom is 0.410 e. The monoisotopic (exact) mass is 269 g/mol. The lowest BCUT2D eigenvalue weighted by atomic mass is 9.92. The van der Waals surface area contributed by atoms with E-state index in [1.54, 1.807) is 0 Å². The molecule has 6 heteroatoms. The minimum atomic E-state index is -0.992. The molecule has 0 aliphatic carbocycles. The highest BCUT2D eigenvalue weighted by Gasteiger charge is 2.47. The van der Waals surface area contributed by atoms with Gasteiger partial charge in [-0.15, -0.1) is 0 Å². The third-order valence-corrected chi connectivity index (χ3v) is 3.70. The average Bonchev–Trinajstić information content (AvgIpc) is 3.02. The first-order valence-electron chi connectivity index (χ1n) is 6.54. The Morgan fingerprint density at radius 3 is 2.84 bits per heavy atom. The first kappa shape index (κ1) is 13.9. The van der Waals surface area contributed by atoms with Crippen molar-refractivity contribution >= 4 is 12.1 Å². The molecule has 6 nitrogen and oxygen atoms in total. The number of carboxylic acid groups (broad SMARTS) is 1. The Morgan fingerprint density at radius 1 is 1.47 bits per heavy atom. The topological polar surface area (TPSA) is 76.1 Å². The van der Waals surface area contributed by atoms with Crippen LogP contribution in [0.1, 0.15) is 19.3 Å². The van der Waals surface area contributed by atoms with Gasteiger partial charge in [-0.1, -0.05) is 12.7 Å². The number of hydrogen-bond acceptors (Lipinski definition) is 4. The van der Waals surface area contributed by atoms with Crippen LogP contribution >= 0.6 is 0 Å². The van der Waals surface area contributed by atoms with Crippen molar-refractivity contribution in [1.82, 2.24) is 4.90 Å². The van der Waals surface area contributed by atoms with Gasteiger partial charge >= 0.3 is 12.1 Å². The van der Waals surface area contributed by atoms with Gasteiger partial charge in [0, 0.05) is 19.1 Å². The van der Waals surface area contributed by atoms with Crippen LogP contribution in [0.2, 0.25) is 0 Å². The van der Waals surface area contributed by atoms with Gasteiger partial charge < -0.3 is 14.6 Å². The third-order valence-electron chi connectivity index (χ3n) is 3.70. The fraction of sp³-hybridized carbons (Fsp3) is 0.692. The number of ether oxygens (including phenoxy) is 2. The van der Waals surface area contributed by atoms with Crippen molar-refractivity contribution in [1.29, 1.82) is 0 Å². The van der Waals surface area contributed by atoms with Crippen LogP contribution in [-0.2, 0) is 14.3 Å². The smallest absolute Gasteiger partial charge is 0.410 e. The normalized spacial score (nSPS) is 30.3. The van der Waals surface area contributed by atoms with Crippen molar-refractivity contribution in [3.05, 3.63) is 12.7 Å². The van der Waals surface area contributed by atoms with Crippen molar-refractivity contribution < 1.29 is 24.2 Å². The summed E-state index contributed by atoms with van der Waals surface area (Å²) in [6.07, 6.45) is 3.27. The van der Waals surface area contributed by atoms with Gasteiger partial charge in [-0.05, 0) is 19.3 Å². The van der Waals surface area contributed by atoms with E-state index in [0.717, 1.165) is 12.8 Å². The fourth-order valence-corrected chi connectivity index (χ4v) is 2.88. The van der Waals surface area contributed by atoms with E-state index in [0.29, 0.717) is 19.6 Å². The Kier molecular flexibility index (Phi) is 4.42. The molecule has 1 N–H and O–H groups in total. The summed E-state index contributed by atoms with van der Waals surface area (Å²) in [6.45, 7) is 4.62. The van der Waals surface area contributed by atoms with E-state index in [2.05, 4.69) is 6.58 Å². The fourth-order valence-electron chi connectivity index (χ4n) is 2.88. The minimum absolute atomic E-state index is 0.0571. The highest BCUT2D eigenvalue weighted by Crippen LogP contribution is 2.33. The number of carbonyl (C=O) groups is 2. The predicted octanol–water partition coefficient (Wildman–Crippen LogP) is 1.26. The van der Waals surface area contributed by atoms with Crippen molar-refractivity contribution in [2.24, 2.45) is 5.92 Å². The molecule has 0 aromatic rings. The van der Waals surface area contributed by atoms with Gasteiger partial charge in [0.15, 0.2) is 0 Å². The zero-order valence-electron chi connectivity index (χ0n) is 10.8. The Labute approximate surface area is 112 Å². The molecule has 0 radical (unpaired) electrons. The standard InChI is InChI=1S/C13H19NO5/c1-2-7-19-13(17)14-6-5-9(11(14)12(15)16)10-4-3-8-18-10/h2,9-11H,1,3-8H2,(H,15,16). The number of hydrogen-bond donors (Lipinski definition) is 1. The number of carbonyl (C=O) groups excluding carboxylic acids is 1. The molecule has 0 saturated carbocycles. The number of carboxylic acids is 1. The first-order valence-corrected chi connectivity index (χ1v) is 6.54. The SMILES string of the molecule is C=CCOC(=O)N1CCC(C2CCCO2)C1C(=O)O. The molecular weight excluding hydrogens is 250 g/mol. The lowest BCUT2D eigenvalue weighted by molar-refractivity contribution is -0.144. The summed E-state index contributed by atoms with van der Waals surface area (Å²) < 4.78 is 10.5. The number of rotatable bonds is 4. The molecule has 3 unspecified atom stereocenters. The van der Waals surface area contributed by atoms with Gasteiger partial charge in [0.2, 0.25) is 0 Å². The minimum Gasteiger partial charge on any atom is -0.480 e. The van der Waals surface area contributed by atoms with Crippen LogP contribution in [0, 0.1) is 5.92 Å². The predicted molar refractivity (Wildman–Crippen MR) is 66.8 cm³/mol. The zero-order chi connectivity index (χ0) is 13.8. The lowest BCUT2D eigenvalue weighted by Gasteiger charge is -2.26. The van der Waals surface area contributed by atoms with Crippen molar-refractivity contribution in [2.45, 2.75) is 31.4 Å². The highest BCUT2D eigenvalue weighted by molar-refractivity contribution is 5.81. The van der Waals surface area contributed by atoms with Gasteiger partial charge in [0.25, 0.3) is 0 Å². The van der Waals surface area contributed by atoms with Crippen LogP contribution in [0.25, 0.3) is 0 Å². The third kappa shape index (κ3) is 2.89. The Balaban J connectivity index is 2.06. The van der Waals surface area contributed by atoms with Crippen molar-refractivity contribution in [3.63, 3.8) is 0 Å². The Hall–Kier alpha value is -1.56. The van der Waals surface area contributed by atoms with Crippen LogP contribution in [0.3, 0.4) is 0 Å². The number of amides is 1. The second kappa shape index (κ2) is 6.06. The van der Waals surface area contributed by atoms with E-state index in [1.165, 1.54) is 11.0 Å². The molecule has 2 heterocycles. The van der Waals surface area contributed by atoms with E-state index < -0.39 is 18.1 Å². The molecule has 2 rings (SSSR count). The summed E-state index contributed by atoms with van der Waals surface area (Å²) in [6, 6.07) is -0.847. The average molecular weight is 269 g/mol. The molecule has 0 aromatic heterocycles. The quantitative estimate of drug-likeness (QED) is 0.778. The highest BCUT2D eigenvalue weighted by atomic mass is 16.6. The molecule has 2 aliphatic rings. The Bertz CT molecular complexity index is 364. The summed E-state index contributed by atoms with van der Waals surface area (Å²) in [5.41, 5.74) is 0. The summed E-state index contributed by atoms with van der Waals surface area (Å²) in [5, 5.41) is 9.36. The van der Waals surface area contributed by atoms with Crippen LogP contribution in [0.15, 0.2) is 12.7 Å². The summed E-state index contributed by atoms with van der Waals surface area (Å²) in [7, 11) is 0. The van der Waals surface area contributed by atoms with Gasteiger partial charge in [-0.3, -0.25) is 4.90 Å². The van der Waals surface area contributed by atoms with E-state index in [4.69, 9.17) is 9.47 Å². The maximum absolute atomic E-state index is 11.8. The van der Waals surface area contributed by atoms with Crippen LogP contribution < -0.4 is 0 Å². The molecule has 2 aliphatic heterocycles. The van der Waals surface area contributed by atoms with Gasteiger partial charge in [0.1, 0.15) is 12.6 Å².